The van der Waals surface area contributed by atoms with Crippen molar-refractivity contribution < 1.29 is 9.72 Å². The molecule has 6 heteroatoms. The second kappa shape index (κ2) is 5.57. The predicted octanol–water partition coefficient (Wildman–Crippen LogP) is 3.20. The molecule has 0 radical (unpaired) electrons. The predicted molar refractivity (Wildman–Crippen MR) is 73.8 cm³/mol. The third-order valence-electron chi connectivity index (χ3n) is 3.43. The Morgan fingerprint density at radius 3 is 2.84 bits per heavy atom. The molecule has 0 amide bonds. The first-order valence-corrected chi connectivity index (χ1v) is 6.60. The highest BCUT2D eigenvalue weighted by atomic mass is 35.5. The molecule has 0 aromatic heterocycles. The highest BCUT2D eigenvalue weighted by Crippen LogP contribution is 2.37. The maximum Gasteiger partial charge on any atom is 0.310 e. The summed E-state index contributed by atoms with van der Waals surface area (Å²) < 4.78 is 0. The van der Waals surface area contributed by atoms with Crippen LogP contribution < -0.4 is 4.90 Å². The summed E-state index contributed by atoms with van der Waals surface area (Å²) in [4.78, 5) is 24.2. The lowest BCUT2D eigenvalue weighted by Crippen LogP contribution is -2.44. The fraction of sp³-hybridized carbons (Fsp3) is 0.462. The van der Waals surface area contributed by atoms with Crippen molar-refractivity contribution in [2.75, 3.05) is 11.4 Å². The number of carbonyl (C=O) groups is 1. The first kappa shape index (κ1) is 13.8. The van der Waals surface area contributed by atoms with Crippen molar-refractivity contribution in [3.8, 4) is 0 Å². The number of hydrogen-bond donors (Lipinski definition) is 0. The van der Waals surface area contributed by atoms with Crippen molar-refractivity contribution in [2.45, 2.75) is 32.2 Å². The van der Waals surface area contributed by atoms with Gasteiger partial charge in [0.2, 0.25) is 0 Å². The number of nitro benzene ring substituents is 1. The van der Waals surface area contributed by atoms with Crippen molar-refractivity contribution in [1.82, 2.24) is 0 Å². The summed E-state index contributed by atoms with van der Waals surface area (Å²) >= 11 is 5.92. The van der Waals surface area contributed by atoms with Crippen molar-refractivity contribution in [1.29, 1.82) is 0 Å². The van der Waals surface area contributed by atoms with Gasteiger partial charge in [0.05, 0.1) is 11.0 Å². The van der Waals surface area contributed by atoms with E-state index in [9.17, 15) is 14.9 Å². The Morgan fingerprint density at radius 1 is 1.47 bits per heavy atom. The molecule has 1 atom stereocenters. The number of ketones is 1. The van der Waals surface area contributed by atoms with Gasteiger partial charge in [-0.1, -0.05) is 17.7 Å². The summed E-state index contributed by atoms with van der Waals surface area (Å²) in [5, 5.41) is 11.3. The van der Waals surface area contributed by atoms with Gasteiger partial charge in [-0.05, 0) is 38.3 Å². The molecule has 1 aliphatic heterocycles. The van der Waals surface area contributed by atoms with Crippen molar-refractivity contribution in [3.05, 3.63) is 33.3 Å². The lowest BCUT2D eigenvalue weighted by Gasteiger charge is -2.35. The third-order valence-corrected chi connectivity index (χ3v) is 3.73. The number of rotatable bonds is 3. The van der Waals surface area contributed by atoms with E-state index < -0.39 is 4.92 Å². The van der Waals surface area contributed by atoms with E-state index in [1.165, 1.54) is 13.0 Å². The molecule has 1 aromatic rings. The molecule has 5 nitrogen and oxygen atoms in total. The Bertz CT molecular complexity index is 519. The normalized spacial score (nSPS) is 19.3. The molecule has 1 heterocycles. The van der Waals surface area contributed by atoms with Crippen LogP contribution in [-0.4, -0.2) is 23.3 Å². The molecule has 1 saturated heterocycles. The van der Waals surface area contributed by atoms with E-state index in [0.717, 1.165) is 19.3 Å². The minimum Gasteiger partial charge on any atom is -0.356 e. The van der Waals surface area contributed by atoms with Crippen LogP contribution in [0.1, 0.15) is 26.2 Å². The van der Waals surface area contributed by atoms with Gasteiger partial charge in [-0.25, -0.2) is 0 Å². The Hall–Kier alpha value is -1.62. The summed E-state index contributed by atoms with van der Waals surface area (Å²) in [7, 11) is 0. The average Bonchev–Trinajstić information content (AvgIpc) is 2.37. The molecule has 0 bridgehead atoms. The molecule has 0 spiro atoms. The van der Waals surface area contributed by atoms with Crippen molar-refractivity contribution in [3.63, 3.8) is 0 Å². The van der Waals surface area contributed by atoms with Crippen LogP contribution in [0.25, 0.3) is 0 Å². The average molecular weight is 283 g/mol. The highest BCUT2D eigenvalue weighted by molar-refractivity contribution is 6.33. The topological polar surface area (TPSA) is 63.5 Å². The van der Waals surface area contributed by atoms with Crippen molar-refractivity contribution in [2.24, 2.45) is 0 Å². The van der Waals surface area contributed by atoms with Gasteiger partial charge in [0.25, 0.3) is 0 Å². The molecule has 0 saturated carbocycles. The van der Waals surface area contributed by atoms with Crippen LogP contribution in [0, 0.1) is 10.1 Å². The smallest absolute Gasteiger partial charge is 0.310 e. The Kier molecular flexibility index (Phi) is 4.04. The number of nitrogens with zero attached hydrogens (tertiary/aromatic N) is 2. The lowest BCUT2D eigenvalue weighted by atomic mass is 9.98. The van der Waals surface area contributed by atoms with E-state index in [1.807, 2.05) is 4.90 Å². The second-order valence-electron chi connectivity index (χ2n) is 4.68. The van der Waals surface area contributed by atoms with Crippen LogP contribution in [0.4, 0.5) is 11.4 Å². The molecule has 1 aromatic carbocycles. The van der Waals surface area contributed by atoms with E-state index in [-0.39, 0.29) is 22.5 Å². The van der Waals surface area contributed by atoms with Gasteiger partial charge in [-0.2, -0.15) is 0 Å². The summed E-state index contributed by atoms with van der Waals surface area (Å²) in [6, 6.07) is 4.54. The first-order valence-electron chi connectivity index (χ1n) is 6.22. The van der Waals surface area contributed by atoms with Gasteiger partial charge in [0, 0.05) is 6.54 Å². The van der Waals surface area contributed by atoms with Crippen LogP contribution in [-0.2, 0) is 4.79 Å². The third kappa shape index (κ3) is 2.71. The second-order valence-corrected chi connectivity index (χ2v) is 5.09. The van der Waals surface area contributed by atoms with Gasteiger partial charge in [-0.15, -0.1) is 0 Å². The molecule has 2 rings (SSSR count). The summed E-state index contributed by atoms with van der Waals surface area (Å²) in [6.07, 6.45) is 2.63. The number of Topliss-reactive ketones (excluding diaryl/α,β-unsaturated/α-hetero) is 1. The van der Waals surface area contributed by atoms with E-state index in [1.54, 1.807) is 12.1 Å². The van der Waals surface area contributed by atoms with Crippen molar-refractivity contribution >= 4 is 28.8 Å². The molecular formula is C13H15ClN2O3. The zero-order valence-corrected chi connectivity index (χ0v) is 11.4. The summed E-state index contributed by atoms with van der Waals surface area (Å²) in [5.41, 5.74) is 0.328. The minimum atomic E-state index is -0.483. The zero-order valence-electron chi connectivity index (χ0n) is 10.6. The monoisotopic (exact) mass is 282 g/mol. The standard InChI is InChI=1S/C13H15ClN2O3/c1-9(17)11-6-2-3-8-15(11)12-7-4-5-10(14)13(12)16(18)19/h4-5,7,11H,2-3,6,8H2,1H3. The zero-order chi connectivity index (χ0) is 14.0. The van der Waals surface area contributed by atoms with Gasteiger partial charge in [-0.3, -0.25) is 14.9 Å². The molecule has 102 valence electrons. The quantitative estimate of drug-likeness (QED) is 0.631. The number of anilines is 1. The Labute approximate surface area is 116 Å². The number of halogens is 1. The number of para-hydroxylation sites is 1. The number of nitro groups is 1. The molecule has 0 aliphatic carbocycles. The fourth-order valence-corrected chi connectivity index (χ4v) is 2.80. The molecule has 1 unspecified atom stereocenters. The molecule has 19 heavy (non-hydrogen) atoms. The van der Waals surface area contributed by atoms with Crippen LogP contribution in [0.3, 0.4) is 0 Å². The molecular weight excluding hydrogens is 268 g/mol. The van der Waals surface area contributed by atoms with E-state index in [4.69, 9.17) is 11.6 Å². The largest absolute Gasteiger partial charge is 0.356 e. The highest BCUT2D eigenvalue weighted by Gasteiger charge is 2.31. The first-order chi connectivity index (χ1) is 9.02. The van der Waals surface area contributed by atoms with Gasteiger partial charge in [0.15, 0.2) is 5.78 Å². The SMILES string of the molecule is CC(=O)C1CCCCN1c1cccc(Cl)c1[N+](=O)[O-]. The number of carbonyl (C=O) groups excluding carboxylic acids is 1. The number of piperidine rings is 1. The fourth-order valence-electron chi connectivity index (χ4n) is 2.56. The van der Waals surface area contributed by atoms with Crippen LogP contribution in [0.5, 0.6) is 0 Å². The Balaban J connectivity index is 2.47. The lowest BCUT2D eigenvalue weighted by molar-refractivity contribution is -0.384. The molecule has 1 aliphatic rings. The van der Waals surface area contributed by atoms with Gasteiger partial charge >= 0.3 is 5.69 Å². The molecule has 0 N–H and O–H groups in total. The summed E-state index contributed by atoms with van der Waals surface area (Å²) in [6.45, 7) is 2.17. The van der Waals surface area contributed by atoms with Gasteiger partial charge < -0.3 is 4.90 Å². The maximum atomic E-state index is 11.7. The molecule has 1 fully saturated rings. The van der Waals surface area contributed by atoms with Crippen LogP contribution >= 0.6 is 11.6 Å². The maximum absolute atomic E-state index is 11.7. The minimum absolute atomic E-state index is 0.0361. The van der Waals surface area contributed by atoms with Gasteiger partial charge in [0.1, 0.15) is 10.7 Å². The van der Waals surface area contributed by atoms with Crippen LogP contribution in [0.2, 0.25) is 5.02 Å². The number of hydrogen-bond acceptors (Lipinski definition) is 4. The Morgan fingerprint density at radius 2 is 2.21 bits per heavy atom. The van der Waals surface area contributed by atoms with E-state index in [2.05, 4.69) is 0 Å². The van der Waals surface area contributed by atoms with E-state index in [0.29, 0.717) is 12.2 Å². The number of benzene rings is 1. The van der Waals surface area contributed by atoms with E-state index >= 15 is 0 Å². The van der Waals surface area contributed by atoms with Crippen LogP contribution in [0.15, 0.2) is 18.2 Å². The summed E-state index contributed by atoms with van der Waals surface area (Å²) in [5.74, 6) is 0.0361.